The molecule has 0 unspecified atom stereocenters. The van der Waals surface area contributed by atoms with Crippen molar-refractivity contribution in [3.05, 3.63) is 90.5 Å². The third-order valence-corrected chi connectivity index (χ3v) is 3.63. The number of hydrogen-bond acceptors (Lipinski definition) is 3. The van der Waals surface area contributed by atoms with E-state index >= 15 is 0 Å². The Kier molecular flexibility index (Phi) is 6.36. The highest BCUT2D eigenvalue weighted by Gasteiger charge is 2.03. The topological polar surface area (TPSA) is 47.6 Å². The Balaban J connectivity index is 1.53. The van der Waals surface area contributed by atoms with E-state index in [2.05, 4.69) is 10.1 Å². The second-order valence-electron chi connectivity index (χ2n) is 5.71. The van der Waals surface area contributed by atoms with E-state index in [1.54, 1.807) is 42.5 Å². The quantitative estimate of drug-likeness (QED) is 0.532. The number of para-hydroxylation sites is 1. The number of alkyl halides is 2. The minimum absolute atomic E-state index is 0.0643. The molecule has 0 aliphatic heterocycles. The first-order valence-corrected chi connectivity index (χ1v) is 8.45. The number of carbonyl (C=O) groups is 1. The van der Waals surface area contributed by atoms with Crippen LogP contribution in [0.15, 0.2) is 84.9 Å². The van der Waals surface area contributed by atoms with Crippen LogP contribution in [0.2, 0.25) is 0 Å². The Labute approximate surface area is 161 Å². The third kappa shape index (κ3) is 5.95. The van der Waals surface area contributed by atoms with Crippen LogP contribution < -0.4 is 14.8 Å². The van der Waals surface area contributed by atoms with Gasteiger partial charge in [-0.25, -0.2) is 0 Å². The molecule has 1 N–H and O–H groups in total. The lowest BCUT2D eigenvalue weighted by molar-refractivity contribution is -0.111. The van der Waals surface area contributed by atoms with E-state index in [0.29, 0.717) is 17.0 Å². The average molecular weight is 381 g/mol. The minimum Gasteiger partial charge on any atom is -0.457 e. The number of nitrogens with one attached hydrogen (secondary N) is 1. The van der Waals surface area contributed by atoms with Crippen molar-refractivity contribution in [2.45, 2.75) is 6.61 Å². The van der Waals surface area contributed by atoms with Crippen LogP contribution >= 0.6 is 0 Å². The van der Waals surface area contributed by atoms with E-state index < -0.39 is 6.61 Å². The van der Waals surface area contributed by atoms with Crippen molar-refractivity contribution < 1.29 is 23.0 Å². The molecule has 0 atom stereocenters. The summed E-state index contributed by atoms with van der Waals surface area (Å²) in [4.78, 5) is 12.0. The third-order valence-electron chi connectivity index (χ3n) is 3.63. The normalized spacial score (nSPS) is 10.8. The molecule has 0 fully saturated rings. The van der Waals surface area contributed by atoms with Gasteiger partial charge in [0.05, 0.1) is 0 Å². The summed E-state index contributed by atoms with van der Waals surface area (Å²) in [6.45, 7) is -2.86. The molecule has 0 spiro atoms. The smallest absolute Gasteiger partial charge is 0.387 e. The Morgan fingerprint density at radius 1 is 0.821 bits per heavy atom. The van der Waals surface area contributed by atoms with Gasteiger partial charge in [0.2, 0.25) is 5.91 Å². The van der Waals surface area contributed by atoms with Gasteiger partial charge in [0, 0.05) is 11.8 Å². The molecule has 0 aliphatic rings. The molecular weight excluding hydrogens is 364 g/mol. The second-order valence-corrected chi connectivity index (χ2v) is 5.71. The summed E-state index contributed by atoms with van der Waals surface area (Å²) < 4.78 is 34.2. The summed E-state index contributed by atoms with van der Waals surface area (Å²) >= 11 is 0. The number of ether oxygens (including phenoxy) is 2. The highest BCUT2D eigenvalue weighted by molar-refractivity contribution is 6.01. The first-order valence-electron chi connectivity index (χ1n) is 8.45. The molecule has 0 aromatic heterocycles. The number of benzene rings is 3. The lowest BCUT2D eigenvalue weighted by Crippen LogP contribution is -2.07. The molecular formula is C22H17F2NO3. The predicted octanol–water partition coefficient (Wildman–Crippen LogP) is 5.73. The largest absolute Gasteiger partial charge is 0.457 e. The molecule has 28 heavy (non-hydrogen) atoms. The lowest BCUT2D eigenvalue weighted by Gasteiger charge is -2.07. The summed E-state index contributed by atoms with van der Waals surface area (Å²) in [6.07, 6.45) is 2.94. The summed E-state index contributed by atoms with van der Waals surface area (Å²) in [5.41, 5.74) is 1.30. The van der Waals surface area contributed by atoms with Crippen LogP contribution in [0.3, 0.4) is 0 Å². The van der Waals surface area contributed by atoms with Crippen LogP contribution in [-0.4, -0.2) is 12.5 Å². The van der Waals surface area contributed by atoms with Crippen LogP contribution in [0.1, 0.15) is 5.56 Å². The van der Waals surface area contributed by atoms with E-state index in [1.807, 2.05) is 30.3 Å². The molecule has 4 nitrogen and oxygen atoms in total. The van der Waals surface area contributed by atoms with Crippen molar-refractivity contribution in [2.24, 2.45) is 0 Å². The van der Waals surface area contributed by atoms with Gasteiger partial charge in [-0.05, 0) is 60.2 Å². The molecule has 142 valence electrons. The average Bonchev–Trinajstić information content (AvgIpc) is 2.69. The molecule has 3 rings (SSSR count). The Bertz CT molecular complexity index is 924. The zero-order valence-electron chi connectivity index (χ0n) is 14.7. The number of halogens is 2. The second kappa shape index (κ2) is 9.32. The summed E-state index contributed by atoms with van der Waals surface area (Å²) in [7, 11) is 0. The molecule has 0 aliphatic carbocycles. The van der Waals surface area contributed by atoms with Gasteiger partial charge in [-0.15, -0.1) is 0 Å². The molecule has 0 saturated heterocycles. The molecule has 3 aromatic carbocycles. The monoisotopic (exact) mass is 381 g/mol. The van der Waals surface area contributed by atoms with Crippen LogP contribution in [0.25, 0.3) is 6.08 Å². The van der Waals surface area contributed by atoms with Gasteiger partial charge in [-0.1, -0.05) is 30.3 Å². The highest BCUT2D eigenvalue weighted by atomic mass is 19.3. The Morgan fingerprint density at radius 3 is 2.07 bits per heavy atom. The maximum Gasteiger partial charge on any atom is 0.387 e. The zero-order chi connectivity index (χ0) is 19.8. The molecule has 3 aromatic rings. The standard InChI is InChI=1S/C22H17F2NO3/c23-22(24)28-20-11-6-16(7-12-20)8-15-21(26)25-17-9-13-19(14-10-17)27-18-4-2-1-3-5-18/h1-15,22H,(H,25,26). The lowest BCUT2D eigenvalue weighted by atomic mass is 10.2. The molecule has 0 radical (unpaired) electrons. The van der Waals surface area contributed by atoms with Gasteiger partial charge >= 0.3 is 6.61 Å². The van der Waals surface area contributed by atoms with E-state index in [1.165, 1.54) is 18.2 Å². The molecule has 6 heteroatoms. The zero-order valence-corrected chi connectivity index (χ0v) is 14.7. The highest BCUT2D eigenvalue weighted by Crippen LogP contribution is 2.22. The van der Waals surface area contributed by atoms with Crippen molar-refractivity contribution in [3.8, 4) is 17.2 Å². The molecule has 1 amide bonds. The minimum atomic E-state index is -2.86. The van der Waals surface area contributed by atoms with Crippen molar-refractivity contribution in [1.29, 1.82) is 0 Å². The van der Waals surface area contributed by atoms with Gasteiger partial charge in [0.25, 0.3) is 0 Å². The fraction of sp³-hybridized carbons (Fsp3) is 0.0455. The van der Waals surface area contributed by atoms with Crippen LogP contribution in [0.4, 0.5) is 14.5 Å². The number of amides is 1. The van der Waals surface area contributed by atoms with E-state index in [4.69, 9.17) is 4.74 Å². The first-order chi connectivity index (χ1) is 13.6. The molecule has 0 heterocycles. The fourth-order valence-electron chi connectivity index (χ4n) is 2.35. The predicted molar refractivity (Wildman–Crippen MR) is 104 cm³/mol. The Hall–Kier alpha value is -3.67. The number of rotatable bonds is 7. The summed E-state index contributed by atoms with van der Waals surface area (Å²) in [5, 5.41) is 2.74. The van der Waals surface area contributed by atoms with Gasteiger partial charge in [-0.3, -0.25) is 4.79 Å². The number of anilines is 1. The maximum atomic E-state index is 12.1. The summed E-state index contributed by atoms with van der Waals surface area (Å²) in [5.74, 6) is 1.14. The van der Waals surface area contributed by atoms with Crippen molar-refractivity contribution >= 4 is 17.7 Å². The van der Waals surface area contributed by atoms with Gasteiger partial charge in [0.1, 0.15) is 17.2 Å². The van der Waals surface area contributed by atoms with E-state index in [-0.39, 0.29) is 11.7 Å². The number of hydrogen-bond donors (Lipinski definition) is 1. The van der Waals surface area contributed by atoms with Crippen LogP contribution in [-0.2, 0) is 4.79 Å². The first kappa shape index (κ1) is 19.1. The van der Waals surface area contributed by atoms with Crippen molar-refractivity contribution in [2.75, 3.05) is 5.32 Å². The van der Waals surface area contributed by atoms with E-state index in [9.17, 15) is 13.6 Å². The molecule has 0 bridgehead atoms. The molecule has 0 saturated carbocycles. The number of carbonyl (C=O) groups excluding carboxylic acids is 1. The van der Waals surface area contributed by atoms with E-state index in [0.717, 1.165) is 5.75 Å². The SMILES string of the molecule is O=C(C=Cc1ccc(OC(F)F)cc1)Nc1ccc(Oc2ccccc2)cc1. The Morgan fingerprint density at radius 2 is 1.43 bits per heavy atom. The van der Waals surface area contributed by atoms with Crippen molar-refractivity contribution in [1.82, 2.24) is 0 Å². The maximum absolute atomic E-state index is 12.1. The van der Waals surface area contributed by atoms with Gasteiger partial charge in [0.15, 0.2) is 0 Å². The van der Waals surface area contributed by atoms with Crippen molar-refractivity contribution in [3.63, 3.8) is 0 Å². The summed E-state index contributed by atoms with van der Waals surface area (Å²) in [6, 6.07) is 22.4. The fourth-order valence-corrected chi connectivity index (χ4v) is 2.35. The van der Waals surface area contributed by atoms with Gasteiger partial charge in [-0.2, -0.15) is 8.78 Å². The van der Waals surface area contributed by atoms with Crippen LogP contribution in [0, 0.1) is 0 Å². The van der Waals surface area contributed by atoms with Gasteiger partial charge < -0.3 is 14.8 Å². The van der Waals surface area contributed by atoms with Crippen LogP contribution in [0.5, 0.6) is 17.2 Å².